The van der Waals surface area contributed by atoms with E-state index in [0.717, 1.165) is 122 Å². The van der Waals surface area contributed by atoms with Gasteiger partial charge >= 0.3 is 0 Å². The summed E-state index contributed by atoms with van der Waals surface area (Å²) in [6.45, 7) is 4.54. The van der Waals surface area contributed by atoms with Crippen molar-refractivity contribution in [1.82, 2.24) is 0 Å². The lowest BCUT2D eigenvalue weighted by atomic mass is 9.82. The van der Waals surface area contributed by atoms with Gasteiger partial charge in [-0.05, 0) is 239 Å². The van der Waals surface area contributed by atoms with E-state index in [0.29, 0.717) is 17.8 Å². The number of aryl methyl sites for hydroxylation is 1. The van der Waals surface area contributed by atoms with Gasteiger partial charge in [-0.2, -0.15) is 0 Å². The zero-order chi connectivity index (χ0) is 60.3. The molecule has 0 radical (unpaired) electrons. The summed E-state index contributed by atoms with van der Waals surface area (Å²) in [5.74, 6) is 4.74. The third kappa shape index (κ3) is 13.3. The number of benzene rings is 10. The number of anilines is 8. The van der Waals surface area contributed by atoms with Crippen LogP contribution < -0.4 is 33.6 Å². The highest BCUT2D eigenvalue weighted by Gasteiger charge is 2.21. The molecule has 10 aromatic carbocycles. The van der Waals surface area contributed by atoms with E-state index >= 15 is 0 Å². The molecule has 0 amide bonds. The number of rotatable bonds is 21. The van der Waals surface area contributed by atoms with Crippen molar-refractivity contribution in [3.63, 3.8) is 0 Å². The third-order valence-electron chi connectivity index (χ3n) is 17.1. The smallest absolute Gasteiger partial charge is 0.119 e. The van der Waals surface area contributed by atoms with Gasteiger partial charge in [0.25, 0.3) is 0 Å². The van der Waals surface area contributed by atoms with E-state index in [4.69, 9.17) is 18.9 Å². The Kier molecular flexibility index (Phi) is 17.8. The number of hydrogen-bond acceptors (Lipinski definition) is 7. The quantitative estimate of drug-likeness (QED) is 0.0710. The Morgan fingerprint density at radius 3 is 0.909 bits per heavy atom. The molecule has 7 heteroatoms. The molecule has 0 aliphatic heterocycles. The molecule has 10 aromatic rings. The summed E-state index contributed by atoms with van der Waals surface area (Å²) in [6, 6.07) is 86.9. The van der Waals surface area contributed by atoms with Crippen molar-refractivity contribution in [3.05, 3.63) is 302 Å². The molecule has 0 fully saturated rings. The molecule has 0 spiro atoms. The number of hydrogen-bond donors (Lipinski definition) is 0. The van der Waals surface area contributed by atoms with Crippen LogP contribution in [0.4, 0.5) is 45.5 Å². The van der Waals surface area contributed by atoms with Crippen LogP contribution in [0.3, 0.4) is 0 Å². The van der Waals surface area contributed by atoms with Crippen molar-refractivity contribution in [1.29, 1.82) is 0 Å². The zero-order valence-electron chi connectivity index (χ0n) is 51.1. The van der Waals surface area contributed by atoms with Crippen LogP contribution in [0.1, 0.15) is 50.2 Å². The molecular formula is C81H75N3O4. The van der Waals surface area contributed by atoms with Gasteiger partial charge in [0.1, 0.15) is 23.0 Å². The fraction of sp³-hybridized carbons (Fsp3) is 0.160. The molecule has 0 bridgehead atoms. The van der Waals surface area contributed by atoms with E-state index in [1.54, 1.807) is 28.4 Å². The number of nitrogens with zero attached hydrogens (tertiary/aromatic N) is 3. The molecule has 2 aliphatic carbocycles. The molecule has 88 heavy (non-hydrogen) atoms. The van der Waals surface area contributed by atoms with Crippen LogP contribution in [0.25, 0.3) is 33.4 Å². The van der Waals surface area contributed by atoms with Crippen LogP contribution in [-0.2, 0) is 6.42 Å². The summed E-state index contributed by atoms with van der Waals surface area (Å²) >= 11 is 0. The third-order valence-corrected chi connectivity index (χ3v) is 17.1. The topological polar surface area (TPSA) is 46.6 Å². The second-order valence-corrected chi connectivity index (χ2v) is 22.9. The lowest BCUT2D eigenvalue weighted by Crippen LogP contribution is -2.17. The van der Waals surface area contributed by atoms with Gasteiger partial charge in [0.2, 0.25) is 0 Å². The minimum Gasteiger partial charge on any atom is -0.497 e. The van der Waals surface area contributed by atoms with Crippen molar-refractivity contribution >= 4 is 45.5 Å². The second kappa shape index (κ2) is 27.0. The Labute approximate surface area is 520 Å². The first-order valence-corrected chi connectivity index (χ1v) is 30.5. The first-order chi connectivity index (χ1) is 43.2. The summed E-state index contributed by atoms with van der Waals surface area (Å²) in [6.07, 6.45) is 18.1. The molecule has 0 heterocycles. The van der Waals surface area contributed by atoms with Crippen LogP contribution in [0.2, 0.25) is 0 Å². The maximum Gasteiger partial charge on any atom is 0.119 e. The Bertz CT molecular complexity index is 4040. The summed E-state index contributed by atoms with van der Waals surface area (Å²) in [4.78, 5) is 6.91. The first-order valence-electron chi connectivity index (χ1n) is 30.5. The molecule has 0 N–H and O–H groups in total. The normalized spacial score (nSPS) is 14.7. The monoisotopic (exact) mass is 1150 g/mol. The molecule has 7 nitrogen and oxygen atoms in total. The molecular weight excluding hydrogens is 1080 g/mol. The molecule has 2 aliphatic rings. The van der Waals surface area contributed by atoms with Gasteiger partial charge in [-0.3, -0.25) is 0 Å². The second-order valence-electron chi connectivity index (χ2n) is 22.9. The maximum absolute atomic E-state index is 5.60. The van der Waals surface area contributed by atoms with E-state index in [1.165, 1.54) is 27.8 Å². The lowest BCUT2D eigenvalue weighted by molar-refractivity contribution is 0.414. The highest BCUT2D eigenvalue weighted by atomic mass is 16.5. The van der Waals surface area contributed by atoms with E-state index in [1.807, 2.05) is 36.4 Å². The van der Waals surface area contributed by atoms with E-state index in [2.05, 4.69) is 271 Å². The van der Waals surface area contributed by atoms with Gasteiger partial charge in [-0.15, -0.1) is 0 Å². The van der Waals surface area contributed by atoms with Crippen LogP contribution in [0.15, 0.2) is 290 Å². The fourth-order valence-corrected chi connectivity index (χ4v) is 12.0. The standard InChI is InChI=1S/C81H75N3O4/c1-57-7-14-66(15-8-57)81(56-13-59-11-48-77(85-3)49-12-59)67-18-16-60(17-19-67)61-20-32-70(33-21-61)83(75-44-52-79(87-5)53-45-75)71-36-26-64(27-37-71)65-28-40-73(41-29-65)84(76-46-54-80(88-6)55-47-76)72-38-24-63(25-39-72)62-22-34-69(35-23-62)82(68-30-9-58(2)10-31-68)74-42-50-78(86-4)51-43-74/h7,9,11-12,14-55,57-58,81H,8,10,13,56H2,1-6H3. The number of methoxy groups -OCH3 is 4. The average molecular weight is 1150 g/mol. The number of allylic oxidation sites excluding steroid dienone is 7. The van der Waals surface area contributed by atoms with E-state index < -0.39 is 0 Å². The van der Waals surface area contributed by atoms with Crippen LogP contribution in [0, 0.1) is 11.8 Å². The van der Waals surface area contributed by atoms with Crippen LogP contribution in [-0.4, -0.2) is 28.4 Å². The SMILES string of the molecule is COc1ccc(CCC(C2=CCC(C)C=C2)c2ccc(-c3ccc(N(c4ccc(OC)cc4)c4ccc(-c5ccc(N(c6ccc(OC)cc6)c6ccc(-c7ccc(N(C8=CCC(C)C=C8)c8ccc(OC)cc8)cc7)cc6)cc5)cc4)cc3)cc2)cc1. The van der Waals surface area contributed by atoms with Gasteiger partial charge in [0, 0.05) is 57.1 Å². The molecule has 0 aromatic heterocycles. The van der Waals surface area contributed by atoms with Crippen molar-refractivity contribution in [2.75, 3.05) is 43.1 Å². The molecule has 3 unspecified atom stereocenters. The van der Waals surface area contributed by atoms with E-state index in [-0.39, 0.29) is 0 Å². The molecule has 0 saturated heterocycles. The van der Waals surface area contributed by atoms with Gasteiger partial charge in [0.05, 0.1) is 28.4 Å². The minimum atomic E-state index is 0.310. The van der Waals surface area contributed by atoms with Crippen molar-refractivity contribution < 1.29 is 18.9 Å². The lowest BCUT2D eigenvalue weighted by Gasteiger charge is -2.28. The van der Waals surface area contributed by atoms with E-state index in [9.17, 15) is 0 Å². The van der Waals surface area contributed by atoms with Gasteiger partial charge in [-0.25, -0.2) is 0 Å². The van der Waals surface area contributed by atoms with Gasteiger partial charge in [0.15, 0.2) is 0 Å². The molecule has 12 rings (SSSR count). The largest absolute Gasteiger partial charge is 0.497 e. The molecule has 0 saturated carbocycles. The Hall–Kier alpha value is -10.2. The van der Waals surface area contributed by atoms with Crippen LogP contribution >= 0.6 is 0 Å². The van der Waals surface area contributed by atoms with Crippen molar-refractivity contribution in [3.8, 4) is 56.4 Å². The molecule has 438 valence electrons. The predicted molar refractivity (Wildman–Crippen MR) is 366 cm³/mol. The van der Waals surface area contributed by atoms with Gasteiger partial charge < -0.3 is 33.6 Å². The Morgan fingerprint density at radius 1 is 0.330 bits per heavy atom. The average Bonchev–Trinajstić information content (AvgIpc) is 2.65. The zero-order valence-corrected chi connectivity index (χ0v) is 51.1. The summed E-state index contributed by atoms with van der Waals surface area (Å²) < 4.78 is 22.1. The summed E-state index contributed by atoms with van der Waals surface area (Å²) in [5, 5.41) is 0. The van der Waals surface area contributed by atoms with Crippen molar-refractivity contribution in [2.45, 2.75) is 45.4 Å². The number of ether oxygens (including phenoxy) is 4. The Balaban J connectivity index is 0.774. The maximum atomic E-state index is 5.60. The Morgan fingerprint density at radius 2 is 0.614 bits per heavy atom. The highest BCUT2D eigenvalue weighted by molar-refractivity contribution is 5.83. The summed E-state index contributed by atoms with van der Waals surface area (Å²) in [5.41, 5.74) is 20.6. The minimum absolute atomic E-state index is 0.310. The van der Waals surface area contributed by atoms with Crippen molar-refractivity contribution in [2.24, 2.45) is 11.8 Å². The van der Waals surface area contributed by atoms with Crippen LogP contribution in [0.5, 0.6) is 23.0 Å². The first kappa shape index (κ1) is 58.2. The predicted octanol–water partition coefficient (Wildman–Crippen LogP) is 21.5. The molecule has 3 atom stereocenters. The summed E-state index contributed by atoms with van der Waals surface area (Å²) in [7, 11) is 6.83. The van der Waals surface area contributed by atoms with Gasteiger partial charge in [-0.1, -0.05) is 141 Å². The highest BCUT2D eigenvalue weighted by Crippen LogP contribution is 2.42. The fourth-order valence-electron chi connectivity index (χ4n) is 12.0.